The molecule has 98 valence electrons. The maximum atomic E-state index is 12.1. The summed E-state index contributed by atoms with van der Waals surface area (Å²) in [5.74, 6) is -0.290. The number of hydrogen-bond donors (Lipinski definition) is 1. The highest BCUT2D eigenvalue weighted by Crippen LogP contribution is 2.30. The Kier molecular flexibility index (Phi) is 4.74. The van der Waals surface area contributed by atoms with Crippen LogP contribution in [0.4, 0.5) is 5.69 Å². The fourth-order valence-electron chi connectivity index (χ4n) is 1.43. The van der Waals surface area contributed by atoms with Crippen molar-refractivity contribution in [1.82, 2.24) is 0 Å². The van der Waals surface area contributed by atoms with Gasteiger partial charge in [0.25, 0.3) is 5.91 Å². The van der Waals surface area contributed by atoms with Crippen LogP contribution in [0.25, 0.3) is 0 Å². The Labute approximate surface area is 133 Å². The summed E-state index contributed by atoms with van der Waals surface area (Å²) in [6.45, 7) is 0. The Morgan fingerprint density at radius 2 is 1.79 bits per heavy atom. The maximum absolute atomic E-state index is 12.1. The van der Waals surface area contributed by atoms with Crippen molar-refractivity contribution >= 4 is 62.3 Å². The molecule has 0 aliphatic heterocycles. The van der Waals surface area contributed by atoms with Crippen LogP contribution in [0.2, 0.25) is 15.1 Å². The van der Waals surface area contributed by atoms with Gasteiger partial charge in [-0.15, -0.1) is 0 Å². The van der Waals surface area contributed by atoms with E-state index in [2.05, 4.69) is 21.2 Å². The Hall–Kier alpha value is -0.740. The molecule has 2 aromatic carbocycles. The van der Waals surface area contributed by atoms with Crippen molar-refractivity contribution in [3.8, 4) is 0 Å². The summed E-state index contributed by atoms with van der Waals surface area (Å²) in [5.41, 5.74) is 0.928. The van der Waals surface area contributed by atoms with Crippen LogP contribution in [0.5, 0.6) is 0 Å². The third kappa shape index (κ3) is 3.42. The number of anilines is 1. The zero-order valence-corrected chi connectivity index (χ0v) is 13.2. The van der Waals surface area contributed by atoms with Crippen LogP contribution in [0, 0.1) is 0 Å². The number of carbonyl (C=O) groups excluding carboxylic acids is 1. The Morgan fingerprint density at radius 1 is 1.05 bits per heavy atom. The van der Waals surface area contributed by atoms with E-state index in [1.165, 1.54) is 0 Å². The molecule has 0 bridgehead atoms. The molecular formula is C13H7BrCl3NO. The van der Waals surface area contributed by atoms with Crippen molar-refractivity contribution in [3.63, 3.8) is 0 Å². The van der Waals surface area contributed by atoms with E-state index in [4.69, 9.17) is 34.8 Å². The lowest BCUT2D eigenvalue weighted by molar-refractivity contribution is 0.102. The van der Waals surface area contributed by atoms with Crippen LogP contribution in [0.1, 0.15) is 10.4 Å². The van der Waals surface area contributed by atoms with E-state index in [0.29, 0.717) is 30.8 Å². The summed E-state index contributed by atoms with van der Waals surface area (Å²) in [5, 5.41) is 3.93. The van der Waals surface area contributed by atoms with Crippen molar-refractivity contribution in [2.75, 3.05) is 5.32 Å². The molecule has 0 spiro atoms. The lowest BCUT2D eigenvalue weighted by atomic mass is 10.2. The van der Waals surface area contributed by atoms with Crippen LogP contribution in [-0.4, -0.2) is 5.91 Å². The fourth-order valence-corrected chi connectivity index (χ4v) is 2.28. The van der Waals surface area contributed by atoms with Crippen molar-refractivity contribution in [2.24, 2.45) is 0 Å². The van der Waals surface area contributed by atoms with E-state index in [1.54, 1.807) is 36.4 Å². The highest BCUT2D eigenvalue weighted by atomic mass is 79.9. The van der Waals surface area contributed by atoms with Gasteiger partial charge in [0.2, 0.25) is 0 Å². The second-order valence-electron chi connectivity index (χ2n) is 3.68. The average Bonchev–Trinajstić information content (AvgIpc) is 2.38. The van der Waals surface area contributed by atoms with Gasteiger partial charge in [0.15, 0.2) is 0 Å². The summed E-state index contributed by atoms with van der Waals surface area (Å²) in [7, 11) is 0. The lowest BCUT2D eigenvalue weighted by Crippen LogP contribution is -2.12. The van der Waals surface area contributed by atoms with Gasteiger partial charge in [-0.05, 0) is 46.3 Å². The molecule has 0 aliphatic carbocycles. The number of amides is 1. The molecule has 2 aromatic rings. The number of carbonyl (C=O) groups is 1. The van der Waals surface area contributed by atoms with Crippen molar-refractivity contribution in [1.29, 1.82) is 0 Å². The number of hydrogen-bond acceptors (Lipinski definition) is 1. The van der Waals surface area contributed by atoms with Crippen molar-refractivity contribution < 1.29 is 4.79 Å². The van der Waals surface area contributed by atoms with Gasteiger partial charge in [-0.25, -0.2) is 0 Å². The highest BCUT2D eigenvalue weighted by molar-refractivity contribution is 9.10. The number of rotatable bonds is 2. The molecule has 2 rings (SSSR count). The van der Waals surface area contributed by atoms with E-state index in [0.717, 1.165) is 0 Å². The molecule has 0 atom stereocenters. The second-order valence-corrected chi connectivity index (χ2v) is 5.73. The minimum atomic E-state index is -0.290. The molecule has 0 unspecified atom stereocenters. The molecule has 0 saturated carbocycles. The molecule has 6 heteroatoms. The summed E-state index contributed by atoms with van der Waals surface area (Å²) in [6, 6.07) is 9.94. The van der Waals surface area contributed by atoms with Crippen molar-refractivity contribution in [3.05, 3.63) is 61.5 Å². The molecule has 0 aliphatic rings. The zero-order valence-electron chi connectivity index (χ0n) is 9.38. The van der Waals surface area contributed by atoms with Crippen LogP contribution >= 0.6 is 50.7 Å². The van der Waals surface area contributed by atoms with E-state index < -0.39 is 0 Å². The molecule has 1 N–H and O–H groups in total. The van der Waals surface area contributed by atoms with Gasteiger partial charge in [-0.1, -0.05) is 40.9 Å². The average molecular weight is 379 g/mol. The summed E-state index contributed by atoms with van der Waals surface area (Å²) in [6.07, 6.45) is 0. The van der Waals surface area contributed by atoms with Crippen LogP contribution in [-0.2, 0) is 0 Å². The van der Waals surface area contributed by atoms with Gasteiger partial charge < -0.3 is 5.32 Å². The topological polar surface area (TPSA) is 29.1 Å². The monoisotopic (exact) mass is 377 g/mol. The van der Waals surface area contributed by atoms with E-state index in [9.17, 15) is 4.79 Å². The number of halogens is 4. The Morgan fingerprint density at radius 3 is 2.47 bits per heavy atom. The summed E-state index contributed by atoms with van der Waals surface area (Å²) < 4.78 is 0.652. The Balaban J connectivity index is 2.26. The molecule has 0 fully saturated rings. The molecule has 0 heterocycles. The van der Waals surface area contributed by atoms with Gasteiger partial charge in [0, 0.05) is 10.0 Å². The molecule has 0 saturated heterocycles. The number of nitrogens with one attached hydrogen (secondary N) is 1. The third-order valence-electron chi connectivity index (χ3n) is 2.38. The maximum Gasteiger partial charge on any atom is 0.255 e. The molecule has 19 heavy (non-hydrogen) atoms. The molecule has 0 aromatic heterocycles. The highest BCUT2D eigenvalue weighted by Gasteiger charge is 2.11. The van der Waals surface area contributed by atoms with Crippen LogP contribution in [0.15, 0.2) is 40.9 Å². The smallest absolute Gasteiger partial charge is 0.255 e. The minimum absolute atomic E-state index is 0.290. The van der Waals surface area contributed by atoms with Crippen LogP contribution < -0.4 is 5.32 Å². The quantitative estimate of drug-likeness (QED) is 0.716. The van der Waals surface area contributed by atoms with Gasteiger partial charge >= 0.3 is 0 Å². The Bertz CT molecular complexity index is 646. The first kappa shape index (κ1) is 14.7. The van der Waals surface area contributed by atoms with Gasteiger partial charge in [-0.2, -0.15) is 0 Å². The van der Waals surface area contributed by atoms with Crippen molar-refractivity contribution in [2.45, 2.75) is 0 Å². The second kappa shape index (κ2) is 6.14. The lowest BCUT2D eigenvalue weighted by Gasteiger charge is -2.08. The van der Waals surface area contributed by atoms with Gasteiger partial charge in [0.05, 0.1) is 20.8 Å². The standard InChI is InChI=1S/C13H7BrCl3NO/c14-8-6-7(4-5-9(8)15)13(19)18-11-3-1-2-10(16)12(11)17/h1-6H,(H,18,19). The molecular weight excluding hydrogens is 372 g/mol. The predicted molar refractivity (Wildman–Crippen MR) is 83.6 cm³/mol. The predicted octanol–water partition coefficient (Wildman–Crippen LogP) is 5.66. The molecule has 0 radical (unpaired) electrons. The molecule has 2 nitrogen and oxygen atoms in total. The fraction of sp³-hybridized carbons (Fsp3) is 0. The summed E-state index contributed by atoms with van der Waals surface area (Å²) in [4.78, 5) is 12.1. The van der Waals surface area contributed by atoms with Gasteiger partial charge in [0.1, 0.15) is 0 Å². The molecule has 1 amide bonds. The SMILES string of the molecule is O=C(Nc1cccc(Cl)c1Cl)c1ccc(Cl)c(Br)c1. The van der Waals surface area contributed by atoms with E-state index in [-0.39, 0.29) is 5.91 Å². The summed E-state index contributed by atoms with van der Waals surface area (Å²) >= 11 is 21.0. The third-order valence-corrected chi connectivity index (χ3v) is 4.41. The first-order valence-corrected chi connectivity index (χ1v) is 7.12. The first-order chi connectivity index (χ1) is 8.99. The van der Waals surface area contributed by atoms with E-state index >= 15 is 0 Å². The van der Waals surface area contributed by atoms with Crippen LogP contribution in [0.3, 0.4) is 0 Å². The first-order valence-electron chi connectivity index (χ1n) is 5.19. The largest absolute Gasteiger partial charge is 0.321 e. The minimum Gasteiger partial charge on any atom is -0.321 e. The van der Waals surface area contributed by atoms with E-state index in [1.807, 2.05) is 0 Å². The normalized spacial score (nSPS) is 10.3. The van der Waals surface area contributed by atoms with Gasteiger partial charge in [-0.3, -0.25) is 4.79 Å². The zero-order chi connectivity index (χ0) is 14.0. The number of benzene rings is 2.